The third-order valence-electron chi connectivity index (χ3n) is 5.89. The van der Waals surface area contributed by atoms with Crippen LogP contribution in [0, 0.1) is 11.8 Å². The summed E-state index contributed by atoms with van der Waals surface area (Å²) in [4.78, 5) is 25.7. The third-order valence-corrected chi connectivity index (χ3v) is 5.89. The maximum atomic E-state index is 12.1. The highest BCUT2D eigenvalue weighted by molar-refractivity contribution is 5.90. The molecule has 0 radical (unpaired) electrons. The van der Waals surface area contributed by atoms with E-state index in [1.807, 2.05) is 12.1 Å². The fourth-order valence-corrected chi connectivity index (χ4v) is 4.00. The van der Waals surface area contributed by atoms with Crippen molar-refractivity contribution in [2.75, 3.05) is 38.0 Å². The molecule has 2 saturated heterocycles. The minimum atomic E-state index is -0.160. The van der Waals surface area contributed by atoms with Crippen molar-refractivity contribution in [1.82, 2.24) is 10.2 Å². The van der Waals surface area contributed by atoms with E-state index >= 15 is 0 Å². The molecule has 0 aromatic heterocycles. The number of nitrogens with zero attached hydrogens (tertiary/aromatic N) is 1. The first-order valence-corrected chi connectivity index (χ1v) is 10.2. The maximum Gasteiger partial charge on any atom is 0.224 e. The zero-order valence-electron chi connectivity index (χ0n) is 16.9. The van der Waals surface area contributed by atoms with Gasteiger partial charge in [0.05, 0.1) is 0 Å². The summed E-state index contributed by atoms with van der Waals surface area (Å²) in [7, 11) is 0. The summed E-state index contributed by atoms with van der Waals surface area (Å²) in [5.41, 5.74) is 7.52. The number of carbonyl (C=O) groups is 2. The van der Waals surface area contributed by atoms with E-state index in [1.165, 1.54) is 12.0 Å². The van der Waals surface area contributed by atoms with E-state index in [0.717, 1.165) is 64.1 Å². The quantitative estimate of drug-likeness (QED) is 0.574. The molecule has 2 fully saturated rings. The Morgan fingerprint density at radius 1 is 1.10 bits per heavy atom. The summed E-state index contributed by atoms with van der Waals surface area (Å²) in [6, 6.07) is 8.16. The molecular formula is C21H34Cl2N4O2. The lowest BCUT2D eigenvalue weighted by Gasteiger charge is -2.30. The fourth-order valence-electron chi connectivity index (χ4n) is 4.00. The molecule has 2 aliphatic rings. The lowest BCUT2D eigenvalue weighted by molar-refractivity contribution is -0.123. The Labute approximate surface area is 186 Å². The van der Waals surface area contributed by atoms with E-state index in [1.54, 1.807) is 0 Å². The monoisotopic (exact) mass is 444 g/mol. The van der Waals surface area contributed by atoms with Crippen LogP contribution in [0.25, 0.3) is 0 Å². The summed E-state index contributed by atoms with van der Waals surface area (Å²) in [6.45, 7) is 5.00. The smallest absolute Gasteiger partial charge is 0.224 e. The van der Waals surface area contributed by atoms with E-state index in [2.05, 4.69) is 27.7 Å². The first kappa shape index (κ1) is 25.7. The van der Waals surface area contributed by atoms with E-state index in [-0.39, 0.29) is 42.5 Å². The van der Waals surface area contributed by atoms with Crippen LogP contribution in [-0.2, 0) is 16.0 Å². The lowest BCUT2D eigenvalue weighted by atomic mass is 9.96. The molecule has 164 valence electrons. The van der Waals surface area contributed by atoms with Crippen LogP contribution >= 0.6 is 24.8 Å². The minimum absolute atomic E-state index is 0. The Morgan fingerprint density at radius 3 is 2.38 bits per heavy atom. The van der Waals surface area contributed by atoms with Crippen molar-refractivity contribution in [3.05, 3.63) is 29.8 Å². The van der Waals surface area contributed by atoms with Crippen LogP contribution in [0.2, 0.25) is 0 Å². The van der Waals surface area contributed by atoms with Gasteiger partial charge in [-0.15, -0.1) is 24.8 Å². The molecule has 3 rings (SSSR count). The molecule has 2 amide bonds. The van der Waals surface area contributed by atoms with Crippen molar-refractivity contribution >= 4 is 42.3 Å². The molecule has 0 spiro atoms. The van der Waals surface area contributed by atoms with Crippen LogP contribution in [0.5, 0.6) is 0 Å². The van der Waals surface area contributed by atoms with Gasteiger partial charge in [-0.1, -0.05) is 12.1 Å². The number of carbonyl (C=O) groups excluding carboxylic acids is 2. The average Bonchev–Trinajstić information content (AvgIpc) is 3.20. The lowest BCUT2D eigenvalue weighted by Crippen LogP contribution is -2.39. The number of benzene rings is 1. The number of nitrogens with one attached hydrogen (secondary N) is 2. The Bertz CT molecular complexity index is 628. The molecular weight excluding hydrogens is 411 g/mol. The van der Waals surface area contributed by atoms with Gasteiger partial charge in [-0.3, -0.25) is 9.59 Å². The molecule has 1 aromatic carbocycles. The molecule has 6 nitrogen and oxygen atoms in total. The van der Waals surface area contributed by atoms with Gasteiger partial charge in [0.15, 0.2) is 0 Å². The van der Waals surface area contributed by atoms with Gasteiger partial charge >= 0.3 is 0 Å². The van der Waals surface area contributed by atoms with Crippen LogP contribution in [0.3, 0.4) is 0 Å². The van der Waals surface area contributed by atoms with Gasteiger partial charge in [0.1, 0.15) is 0 Å². The minimum Gasteiger partial charge on any atom is -0.369 e. The summed E-state index contributed by atoms with van der Waals surface area (Å²) in [5, 5.41) is 6.34. The first-order valence-electron chi connectivity index (χ1n) is 10.2. The van der Waals surface area contributed by atoms with Gasteiger partial charge in [-0.05, 0) is 81.9 Å². The van der Waals surface area contributed by atoms with E-state index < -0.39 is 0 Å². The largest absolute Gasteiger partial charge is 0.369 e. The molecule has 0 aliphatic carbocycles. The SMILES string of the molecule is Cl.Cl.NC(=O)C1CCN(CCc2ccc(NC(=O)CCC3CCNC3)cc2)CC1. The number of primary amides is 1. The highest BCUT2D eigenvalue weighted by Crippen LogP contribution is 2.18. The Kier molecular flexibility index (Phi) is 11.6. The zero-order chi connectivity index (χ0) is 19.1. The summed E-state index contributed by atoms with van der Waals surface area (Å²) in [6.07, 6.45) is 5.46. The van der Waals surface area contributed by atoms with Crippen molar-refractivity contribution in [3.8, 4) is 0 Å². The normalized spacial score (nSPS) is 19.8. The van der Waals surface area contributed by atoms with Gasteiger partial charge in [0.25, 0.3) is 0 Å². The number of halogens is 2. The number of hydrogen-bond acceptors (Lipinski definition) is 4. The molecule has 0 bridgehead atoms. The topological polar surface area (TPSA) is 87.5 Å². The van der Waals surface area contributed by atoms with Gasteiger partial charge in [-0.25, -0.2) is 0 Å². The van der Waals surface area contributed by atoms with Gasteiger partial charge in [-0.2, -0.15) is 0 Å². The number of nitrogens with two attached hydrogens (primary N) is 1. The second-order valence-electron chi connectivity index (χ2n) is 7.91. The Hall–Kier alpha value is -1.34. The number of hydrogen-bond donors (Lipinski definition) is 3. The molecule has 0 saturated carbocycles. The third kappa shape index (κ3) is 8.51. The molecule has 29 heavy (non-hydrogen) atoms. The van der Waals surface area contributed by atoms with Crippen LogP contribution in [0.4, 0.5) is 5.69 Å². The number of piperidine rings is 1. The zero-order valence-corrected chi connectivity index (χ0v) is 18.5. The molecule has 8 heteroatoms. The molecule has 1 aromatic rings. The van der Waals surface area contributed by atoms with E-state index in [4.69, 9.17) is 5.73 Å². The molecule has 1 unspecified atom stereocenters. The predicted molar refractivity (Wildman–Crippen MR) is 122 cm³/mol. The Morgan fingerprint density at radius 2 is 1.79 bits per heavy atom. The van der Waals surface area contributed by atoms with Crippen LogP contribution in [0.15, 0.2) is 24.3 Å². The van der Waals surface area contributed by atoms with Crippen molar-refractivity contribution in [2.45, 2.75) is 38.5 Å². The first-order chi connectivity index (χ1) is 13.1. The molecule has 4 N–H and O–H groups in total. The van der Waals surface area contributed by atoms with Crippen LogP contribution in [0.1, 0.15) is 37.7 Å². The molecule has 1 atom stereocenters. The summed E-state index contributed by atoms with van der Waals surface area (Å²) >= 11 is 0. The van der Waals surface area contributed by atoms with E-state index in [0.29, 0.717) is 12.3 Å². The van der Waals surface area contributed by atoms with Gasteiger partial charge in [0, 0.05) is 24.6 Å². The van der Waals surface area contributed by atoms with Gasteiger partial charge in [0.2, 0.25) is 11.8 Å². The number of rotatable bonds is 8. The standard InChI is InChI=1S/C21H32N4O2.2ClH/c22-21(27)18-9-13-25(14-10-18)12-8-16-1-4-19(5-2-16)24-20(26)6-3-17-7-11-23-15-17;;/h1-2,4-5,17-18,23H,3,6-15H2,(H2,22,27)(H,24,26);2*1H. The van der Waals surface area contributed by atoms with Crippen LogP contribution in [-0.4, -0.2) is 49.4 Å². The number of likely N-dealkylation sites (tertiary alicyclic amines) is 1. The van der Waals surface area contributed by atoms with E-state index in [9.17, 15) is 9.59 Å². The van der Waals surface area contributed by atoms with Crippen molar-refractivity contribution in [2.24, 2.45) is 17.6 Å². The number of anilines is 1. The van der Waals surface area contributed by atoms with Gasteiger partial charge < -0.3 is 21.3 Å². The molecule has 2 aliphatic heterocycles. The second kappa shape index (κ2) is 13.1. The Balaban J connectivity index is 0.00000210. The maximum absolute atomic E-state index is 12.1. The predicted octanol–water partition coefficient (Wildman–Crippen LogP) is 2.60. The second-order valence-corrected chi connectivity index (χ2v) is 7.91. The summed E-state index contributed by atoms with van der Waals surface area (Å²) in [5.74, 6) is 0.638. The average molecular weight is 445 g/mol. The highest BCUT2D eigenvalue weighted by Gasteiger charge is 2.22. The number of amides is 2. The summed E-state index contributed by atoms with van der Waals surface area (Å²) < 4.78 is 0. The van der Waals surface area contributed by atoms with Crippen LogP contribution < -0.4 is 16.4 Å². The van der Waals surface area contributed by atoms with Crippen molar-refractivity contribution in [1.29, 1.82) is 0 Å². The van der Waals surface area contributed by atoms with Crippen molar-refractivity contribution < 1.29 is 9.59 Å². The van der Waals surface area contributed by atoms with Crippen molar-refractivity contribution in [3.63, 3.8) is 0 Å². The fraction of sp³-hybridized carbons (Fsp3) is 0.619. The highest BCUT2D eigenvalue weighted by atomic mass is 35.5. The molecule has 2 heterocycles.